The molecule has 0 aliphatic heterocycles. The highest BCUT2D eigenvalue weighted by atomic mass is 79.9. The molecular formula is C8H17BrO2. The molecule has 0 radical (unpaired) electrons. The maximum atomic E-state index is 5.34. The van der Waals surface area contributed by atoms with Crippen LogP contribution in [-0.2, 0) is 9.47 Å². The third kappa shape index (κ3) is 6.78. The number of hydrogen-bond donors (Lipinski definition) is 0. The van der Waals surface area contributed by atoms with Gasteiger partial charge in [-0.1, -0.05) is 22.9 Å². The second-order valence-electron chi connectivity index (χ2n) is 2.36. The van der Waals surface area contributed by atoms with Crippen LogP contribution in [0.1, 0.15) is 27.2 Å². The van der Waals surface area contributed by atoms with Crippen LogP contribution in [0, 0.1) is 0 Å². The van der Waals surface area contributed by atoms with Crippen molar-refractivity contribution in [1.82, 2.24) is 0 Å². The maximum absolute atomic E-state index is 5.34. The zero-order chi connectivity index (χ0) is 8.69. The molecule has 0 aromatic rings. The molecule has 0 spiro atoms. The Hall–Kier alpha value is 0.400. The minimum atomic E-state index is -0.0422. The Balaban J connectivity index is 3.50. The van der Waals surface area contributed by atoms with Crippen molar-refractivity contribution in [2.24, 2.45) is 0 Å². The Morgan fingerprint density at radius 2 is 1.64 bits per heavy atom. The van der Waals surface area contributed by atoms with Crippen LogP contribution in [0.15, 0.2) is 0 Å². The van der Waals surface area contributed by atoms with Gasteiger partial charge >= 0.3 is 0 Å². The van der Waals surface area contributed by atoms with E-state index in [1.807, 2.05) is 13.8 Å². The van der Waals surface area contributed by atoms with Crippen LogP contribution in [0.2, 0.25) is 0 Å². The summed E-state index contributed by atoms with van der Waals surface area (Å²) in [5.74, 6) is 0. The summed E-state index contributed by atoms with van der Waals surface area (Å²) in [7, 11) is 0. The van der Waals surface area contributed by atoms with E-state index in [1.54, 1.807) is 0 Å². The van der Waals surface area contributed by atoms with Crippen molar-refractivity contribution in [2.75, 3.05) is 13.2 Å². The van der Waals surface area contributed by atoms with Gasteiger partial charge in [0, 0.05) is 24.5 Å². The molecule has 1 unspecified atom stereocenters. The summed E-state index contributed by atoms with van der Waals surface area (Å²) >= 11 is 3.45. The number of hydrogen-bond acceptors (Lipinski definition) is 2. The molecule has 0 aliphatic rings. The predicted molar refractivity (Wildman–Crippen MR) is 50.0 cm³/mol. The average Bonchev–Trinajstić information content (AvgIpc) is 1.87. The van der Waals surface area contributed by atoms with Gasteiger partial charge in [-0.2, -0.15) is 0 Å². The molecule has 0 saturated heterocycles. The van der Waals surface area contributed by atoms with Crippen LogP contribution < -0.4 is 0 Å². The first kappa shape index (κ1) is 11.4. The normalized spacial score (nSPS) is 13.9. The van der Waals surface area contributed by atoms with Gasteiger partial charge in [0.25, 0.3) is 0 Å². The second-order valence-corrected chi connectivity index (χ2v) is 3.92. The highest BCUT2D eigenvalue weighted by molar-refractivity contribution is 9.09. The number of halogens is 1. The predicted octanol–water partition coefficient (Wildman–Crippen LogP) is 2.56. The van der Waals surface area contributed by atoms with Gasteiger partial charge in [-0.05, 0) is 13.8 Å². The molecule has 0 aromatic heterocycles. The fourth-order valence-corrected chi connectivity index (χ4v) is 1.13. The Morgan fingerprint density at radius 3 is 1.91 bits per heavy atom. The molecule has 0 aliphatic carbocycles. The van der Waals surface area contributed by atoms with E-state index in [4.69, 9.17) is 9.47 Å². The third-order valence-electron chi connectivity index (χ3n) is 1.22. The molecule has 3 heteroatoms. The standard InChI is InChI=1S/C8H17BrO2/c1-4-10-8(11-5-2)6-7(3)9/h7-8H,4-6H2,1-3H3. The molecule has 0 rings (SSSR count). The number of alkyl halides is 1. The Morgan fingerprint density at radius 1 is 1.18 bits per heavy atom. The third-order valence-corrected chi connectivity index (χ3v) is 1.60. The van der Waals surface area contributed by atoms with Crippen molar-refractivity contribution in [3.05, 3.63) is 0 Å². The monoisotopic (exact) mass is 224 g/mol. The summed E-state index contributed by atoms with van der Waals surface area (Å²) in [5.41, 5.74) is 0. The van der Waals surface area contributed by atoms with Gasteiger partial charge in [-0.25, -0.2) is 0 Å². The van der Waals surface area contributed by atoms with Crippen molar-refractivity contribution in [2.45, 2.75) is 38.3 Å². The Kier molecular flexibility index (Phi) is 7.33. The van der Waals surface area contributed by atoms with Gasteiger partial charge in [0.1, 0.15) is 0 Å². The van der Waals surface area contributed by atoms with E-state index in [9.17, 15) is 0 Å². The van der Waals surface area contributed by atoms with Gasteiger partial charge in [0.2, 0.25) is 0 Å². The van der Waals surface area contributed by atoms with E-state index in [1.165, 1.54) is 0 Å². The molecule has 0 N–H and O–H groups in total. The van der Waals surface area contributed by atoms with Crippen LogP contribution in [0.25, 0.3) is 0 Å². The molecule has 11 heavy (non-hydrogen) atoms. The molecule has 68 valence electrons. The molecule has 0 aromatic carbocycles. The summed E-state index contributed by atoms with van der Waals surface area (Å²) in [6.45, 7) is 7.47. The lowest BCUT2D eigenvalue weighted by Gasteiger charge is -2.17. The number of rotatable bonds is 6. The molecule has 0 saturated carbocycles. The number of ether oxygens (including phenoxy) is 2. The topological polar surface area (TPSA) is 18.5 Å². The smallest absolute Gasteiger partial charge is 0.158 e. The van der Waals surface area contributed by atoms with E-state index >= 15 is 0 Å². The van der Waals surface area contributed by atoms with E-state index in [0.717, 1.165) is 6.42 Å². The van der Waals surface area contributed by atoms with Gasteiger partial charge in [-0.15, -0.1) is 0 Å². The van der Waals surface area contributed by atoms with E-state index in [-0.39, 0.29) is 6.29 Å². The van der Waals surface area contributed by atoms with Gasteiger partial charge in [0.05, 0.1) is 0 Å². The van der Waals surface area contributed by atoms with Crippen molar-refractivity contribution in [3.63, 3.8) is 0 Å². The zero-order valence-corrected chi connectivity index (χ0v) is 9.06. The maximum Gasteiger partial charge on any atom is 0.158 e. The molecule has 1 atom stereocenters. The van der Waals surface area contributed by atoms with Crippen LogP contribution in [-0.4, -0.2) is 24.3 Å². The lowest BCUT2D eigenvalue weighted by Crippen LogP contribution is -2.20. The van der Waals surface area contributed by atoms with Crippen molar-refractivity contribution >= 4 is 15.9 Å². The van der Waals surface area contributed by atoms with Gasteiger partial charge < -0.3 is 9.47 Å². The minimum absolute atomic E-state index is 0.0422. The Bertz CT molecular complexity index is 80.2. The highest BCUT2D eigenvalue weighted by Crippen LogP contribution is 2.10. The molecule has 0 heterocycles. The summed E-state index contributed by atoms with van der Waals surface area (Å²) in [5, 5.41) is 0. The van der Waals surface area contributed by atoms with Gasteiger partial charge in [0.15, 0.2) is 6.29 Å². The van der Waals surface area contributed by atoms with E-state index < -0.39 is 0 Å². The first-order valence-corrected chi connectivity index (χ1v) is 4.99. The van der Waals surface area contributed by atoms with Crippen molar-refractivity contribution in [1.29, 1.82) is 0 Å². The minimum Gasteiger partial charge on any atom is -0.353 e. The SMILES string of the molecule is CCOC(CC(C)Br)OCC. The summed E-state index contributed by atoms with van der Waals surface area (Å²) < 4.78 is 10.7. The van der Waals surface area contributed by atoms with Crippen LogP contribution in [0.5, 0.6) is 0 Å². The second kappa shape index (κ2) is 7.07. The zero-order valence-electron chi connectivity index (χ0n) is 7.47. The summed E-state index contributed by atoms with van der Waals surface area (Å²) in [6, 6.07) is 0. The van der Waals surface area contributed by atoms with Crippen molar-refractivity contribution < 1.29 is 9.47 Å². The largest absolute Gasteiger partial charge is 0.353 e. The highest BCUT2D eigenvalue weighted by Gasteiger charge is 2.10. The lowest BCUT2D eigenvalue weighted by atomic mass is 10.3. The van der Waals surface area contributed by atoms with Crippen LogP contribution >= 0.6 is 15.9 Å². The van der Waals surface area contributed by atoms with Gasteiger partial charge in [-0.3, -0.25) is 0 Å². The molecule has 0 bridgehead atoms. The fraction of sp³-hybridized carbons (Fsp3) is 1.00. The molecule has 0 fully saturated rings. The Labute approximate surface area is 77.4 Å². The first-order valence-electron chi connectivity index (χ1n) is 4.08. The fourth-order valence-electron chi connectivity index (χ4n) is 0.821. The molecule has 0 amide bonds. The van der Waals surface area contributed by atoms with Crippen molar-refractivity contribution in [3.8, 4) is 0 Å². The van der Waals surface area contributed by atoms with E-state index in [0.29, 0.717) is 18.0 Å². The van der Waals surface area contributed by atoms with Crippen LogP contribution in [0.3, 0.4) is 0 Å². The quantitative estimate of drug-likeness (QED) is 0.511. The first-order chi connectivity index (χ1) is 5.20. The average molecular weight is 225 g/mol. The molecular weight excluding hydrogens is 208 g/mol. The van der Waals surface area contributed by atoms with E-state index in [2.05, 4.69) is 22.9 Å². The summed E-state index contributed by atoms with van der Waals surface area (Å²) in [6.07, 6.45) is 0.862. The summed E-state index contributed by atoms with van der Waals surface area (Å²) in [4.78, 5) is 0.450. The van der Waals surface area contributed by atoms with Crippen LogP contribution in [0.4, 0.5) is 0 Å². The molecule has 2 nitrogen and oxygen atoms in total. The lowest BCUT2D eigenvalue weighted by molar-refractivity contribution is -0.138.